The Morgan fingerprint density at radius 3 is 2.48 bits per heavy atom. The molecule has 0 spiro atoms. The van der Waals surface area contributed by atoms with E-state index in [-0.39, 0.29) is 48.7 Å². The van der Waals surface area contributed by atoms with Gasteiger partial charge in [-0.15, -0.1) is 0 Å². The number of hydrogen-bond donors (Lipinski definition) is 1. The van der Waals surface area contributed by atoms with E-state index in [0.29, 0.717) is 25.5 Å². The summed E-state index contributed by atoms with van der Waals surface area (Å²) in [6.07, 6.45) is 1.82. The maximum Gasteiger partial charge on any atom is 0.224 e. The molecule has 2 aliphatic rings. The summed E-state index contributed by atoms with van der Waals surface area (Å²) in [6.45, 7) is 2.54. The van der Waals surface area contributed by atoms with Gasteiger partial charge in [-0.1, -0.05) is 13.3 Å². The molecule has 2 saturated heterocycles. The quantitative estimate of drug-likeness (QED) is 0.634. The van der Waals surface area contributed by atoms with E-state index in [2.05, 4.69) is 0 Å². The molecule has 1 amide bonds. The number of unbranched alkanes of at least 4 members (excludes halogenated alkanes) is 1. The molecule has 162 valence electrons. The fraction of sp³-hybridized carbons (Fsp3) is 0.632. The van der Waals surface area contributed by atoms with Crippen LogP contribution in [0, 0.1) is 17.5 Å². The van der Waals surface area contributed by atoms with Gasteiger partial charge >= 0.3 is 0 Å². The summed E-state index contributed by atoms with van der Waals surface area (Å²) in [4.78, 5) is 14.3. The van der Waals surface area contributed by atoms with E-state index in [1.807, 2.05) is 6.92 Å². The van der Waals surface area contributed by atoms with Gasteiger partial charge in [0.05, 0.1) is 5.75 Å². The second kappa shape index (κ2) is 8.61. The van der Waals surface area contributed by atoms with E-state index in [4.69, 9.17) is 5.73 Å². The zero-order chi connectivity index (χ0) is 21.3. The zero-order valence-electron chi connectivity index (χ0n) is 16.3. The average Bonchev–Trinajstić information content (AvgIpc) is 3.25. The van der Waals surface area contributed by atoms with Crippen molar-refractivity contribution in [3.8, 4) is 0 Å². The molecule has 2 fully saturated rings. The van der Waals surface area contributed by atoms with Gasteiger partial charge in [0, 0.05) is 43.7 Å². The minimum atomic E-state index is -3.32. The van der Waals surface area contributed by atoms with Crippen molar-refractivity contribution in [1.29, 1.82) is 0 Å². The number of nitrogens with two attached hydrogens (primary N) is 1. The average molecular weight is 433 g/mol. The number of sulfonamides is 1. The summed E-state index contributed by atoms with van der Waals surface area (Å²) in [5, 5.41) is 0. The minimum Gasteiger partial charge on any atom is -0.337 e. The second-order valence-corrected chi connectivity index (χ2v) is 9.90. The topological polar surface area (TPSA) is 83.7 Å². The van der Waals surface area contributed by atoms with Crippen LogP contribution in [-0.2, 0) is 21.2 Å². The van der Waals surface area contributed by atoms with E-state index in [0.717, 1.165) is 12.5 Å². The first-order chi connectivity index (χ1) is 13.6. The van der Waals surface area contributed by atoms with Crippen molar-refractivity contribution in [2.75, 3.05) is 18.8 Å². The molecule has 2 N–H and O–H groups in total. The number of rotatable bonds is 8. The maximum absolute atomic E-state index is 13.8. The lowest BCUT2D eigenvalue weighted by molar-refractivity contribution is -0.133. The molecule has 2 aliphatic heterocycles. The van der Waals surface area contributed by atoms with Gasteiger partial charge in [0.2, 0.25) is 15.9 Å². The summed E-state index contributed by atoms with van der Waals surface area (Å²) in [7, 11) is -3.32. The molecule has 1 aromatic rings. The Morgan fingerprint density at radius 1 is 1.17 bits per heavy atom. The Bertz CT molecular complexity index is 881. The fourth-order valence-electron chi connectivity index (χ4n) is 4.14. The number of likely N-dealkylation sites (tertiary alicyclic amines) is 1. The first-order valence-electron chi connectivity index (χ1n) is 9.80. The van der Waals surface area contributed by atoms with Gasteiger partial charge in [-0.3, -0.25) is 4.79 Å². The molecule has 0 aliphatic carbocycles. The number of piperazine rings is 1. The first-order valence-corrected chi connectivity index (χ1v) is 11.4. The number of halogens is 3. The lowest BCUT2D eigenvalue weighted by Gasteiger charge is -2.34. The number of hydrogen-bond acceptors (Lipinski definition) is 4. The van der Waals surface area contributed by atoms with Crippen molar-refractivity contribution < 1.29 is 26.4 Å². The number of amides is 1. The maximum atomic E-state index is 13.8. The molecule has 3 atom stereocenters. The molecule has 0 saturated carbocycles. The monoisotopic (exact) mass is 433 g/mol. The molecule has 0 radical (unpaired) electrons. The van der Waals surface area contributed by atoms with Crippen LogP contribution < -0.4 is 5.73 Å². The van der Waals surface area contributed by atoms with E-state index in [1.54, 1.807) is 4.90 Å². The van der Waals surface area contributed by atoms with Gasteiger partial charge in [0.1, 0.15) is 5.82 Å². The van der Waals surface area contributed by atoms with Gasteiger partial charge < -0.3 is 10.6 Å². The SMILES string of the molecule is CCCCS(=O)(=O)N1CC2CC1CN2C(=O)C[C@H](N)Cc1cc(F)c(F)cc1F. The second-order valence-electron chi connectivity index (χ2n) is 7.85. The van der Waals surface area contributed by atoms with Crippen LogP contribution in [0.5, 0.6) is 0 Å². The Morgan fingerprint density at radius 2 is 1.86 bits per heavy atom. The number of benzene rings is 1. The molecule has 2 heterocycles. The van der Waals surface area contributed by atoms with Gasteiger partial charge in [-0.05, 0) is 30.9 Å². The number of carbonyl (C=O) groups excluding carboxylic acids is 1. The highest BCUT2D eigenvalue weighted by molar-refractivity contribution is 7.89. The predicted octanol–water partition coefficient (Wildman–Crippen LogP) is 1.78. The van der Waals surface area contributed by atoms with Gasteiger partial charge in [-0.2, -0.15) is 4.31 Å². The van der Waals surface area contributed by atoms with Crippen molar-refractivity contribution in [3.63, 3.8) is 0 Å². The Hall–Kier alpha value is -1.65. The third kappa shape index (κ3) is 4.75. The highest BCUT2D eigenvalue weighted by atomic mass is 32.2. The highest BCUT2D eigenvalue weighted by Gasteiger charge is 2.49. The van der Waals surface area contributed by atoms with E-state index < -0.39 is 33.5 Å². The molecular weight excluding hydrogens is 407 g/mol. The summed E-state index contributed by atoms with van der Waals surface area (Å²) >= 11 is 0. The predicted molar refractivity (Wildman–Crippen MR) is 102 cm³/mol. The molecule has 0 aromatic heterocycles. The summed E-state index contributed by atoms with van der Waals surface area (Å²) < 4.78 is 66.5. The van der Waals surface area contributed by atoms with Gasteiger partial charge in [-0.25, -0.2) is 21.6 Å². The van der Waals surface area contributed by atoms with Crippen LogP contribution in [0.3, 0.4) is 0 Å². The van der Waals surface area contributed by atoms with Crippen LogP contribution in [0.15, 0.2) is 12.1 Å². The first kappa shape index (κ1) is 22.0. The lowest BCUT2D eigenvalue weighted by atomic mass is 10.0. The molecule has 1 aromatic carbocycles. The summed E-state index contributed by atoms with van der Waals surface area (Å²) in [5.41, 5.74) is 5.86. The van der Waals surface area contributed by atoms with Crippen molar-refractivity contribution >= 4 is 15.9 Å². The molecule has 10 heteroatoms. The van der Waals surface area contributed by atoms with E-state index in [9.17, 15) is 26.4 Å². The lowest BCUT2D eigenvalue weighted by Crippen LogP contribution is -2.51. The normalized spacial score (nSPS) is 23.0. The highest BCUT2D eigenvalue weighted by Crippen LogP contribution is 2.33. The Kier molecular flexibility index (Phi) is 6.54. The molecule has 3 rings (SSSR count). The largest absolute Gasteiger partial charge is 0.337 e. The van der Waals surface area contributed by atoms with Gasteiger partial charge in [0.25, 0.3) is 0 Å². The smallest absolute Gasteiger partial charge is 0.224 e. The van der Waals surface area contributed by atoms with Crippen molar-refractivity contribution in [1.82, 2.24) is 9.21 Å². The number of fused-ring (bicyclic) bond motifs is 2. The third-order valence-corrected chi connectivity index (χ3v) is 7.60. The third-order valence-electron chi connectivity index (χ3n) is 5.63. The molecule has 29 heavy (non-hydrogen) atoms. The summed E-state index contributed by atoms with van der Waals surface area (Å²) in [6, 6.07) is 0.0603. The Labute approximate surface area is 168 Å². The van der Waals surface area contributed by atoms with Crippen LogP contribution in [0.4, 0.5) is 13.2 Å². The van der Waals surface area contributed by atoms with Gasteiger partial charge in [0.15, 0.2) is 11.6 Å². The Balaban J connectivity index is 1.56. The molecule has 2 bridgehead atoms. The molecule has 6 nitrogen and oxygen atoms in total. The number of carbonyl (C=O) groups is 1. The standard InChI is InChI=1S/C19H26F3N3O3S/c1-2-3-4-29(27,28)25-11-14-8-15(25)10-24(14)19(26)7-13(23)5-12-6-17(21)18(22)9-16(12)20/h6,9,13-15H,2-5,7-8,10-11,23H2,1H3/t13-,14?,15?/m1/s1. The zero-order valence-corrected chi connectivity index (χ0v) is 17.1. The van der Waals surface area contributed by atoms with Crippen LogP contribution in [0.1, 0.15) is 38.2 Å². The van der Waals surface area contributed by atoms with Crippen molar-refractivity contribution in [2.24, 2.45) is 5.73 Å². The van der Waals surface area contributed by atoms with Crippen LogP contribution in [-0.4, -0.2) is 60.5 Å². The van der Waals surface area contributed by atoms with E-state index >= 15 is 0 Å². The van der Waals surface area contributed by atoms with Crippen molar-refractivity contribution in [3.05, 3.63) is 35.1 Å². The molecule has 2 unspecified atom stereocenters. The van der Waals surface area contributed by atoms with Crippen LogP contribution in [0.2, 0.25) is 0 Å². The summed E-state index contributed by atoms with van der Waals surface area (Å²) in [5.74, 6) is -3.46. The molecular formula is C19H26F3N3O3S. The van der Waals surface area contributed by atoms with Crippen molar-refractivity contribution in [2.45, 2.75) is 57.2 Å². The van der Waals surface area contributed by atoms with E-state index in [1.165, 1.54) is 4.31 Å². The van der Waals surface area contributed by atoms with Crippen LogP contribution >= 0.6 is 0 Å². The minimum absolute atomic E-state index is 0.0791. The number of nitrogens with zero attached hydrogens (tertiary/aromatic N) is 2. The fourth-order valence-corrected chi connectivity index (χ4v) is 6.03. The van der Waals surface area contributed by atoms with Crippen LogP contribution in [0.25, 0.3) is 0 Å².